The lowest BCUT2D eigenvalue weighted by atomic mass is 10.1. The fourth-order valence-electron chi connectivity index (χ4n) is 2.37. The fraction of sp³-hybridized carbons (Fsp3) is 0.417. The average Bonchev–Trinajstić information content (AvgIpc) is 2.84. The highest BCUT2D eigenvalue weighted by atomic mass is 16.2. The summed E-state index contributed by atoms with van der Waals surface area (Å²) in [6, 6.07) is 6.35. The number of benzene rings is 1. The van der Waals surface area contributed by atoms with Crippen molar-refractivity contribution in [2.75, 3.05) is 11.4 Å². The van der Waals surface area contributed by atoms with Gasteiger partial charge < -0.3 is 10.2 Å². The molecule has 3 heteroatoms. The van der Waals surface area contributed by atoms with Gasteiger partial charge in [-0.15, -0.1) is 0 Å². The zero-order valence-corrected chi connectivity index (χ0v) is 8.62. The van der Waals surface area contributed by atoms with Gasteiger partial charge in [0.1, 0.15) is 0 Å². The molecule has 2 aliphatic rings. The van der Waals surface area contributed by atoms with Crippen molar-refractivity contribution < 1.29 is 4.79 Å². The van der Waals surface area contributed by atoms with Gasteiger partial charge in [-0.3, -0.25) is 4.79 Å². The number of anilines is 1. The summed E-state index contributed by atoms with van der Waals surface area (Å²) in [6.07, 6.45) is 1.70. The number of amides is 1. The number of carbonyl (C=O) groups is 1. The van der Waals surface area contributed by atoms with Gasteiger partial charge in [-0.2, -0.15) is 0 Å². The molecular weight excluding hydrogens is 188 g/mol. The van der Waals surface area contributed by atoms with Gasteiger partial charge in [0.05, 0.1) is 0 Å². The van der Waals surface area contributed by atoms with Crippen LogP contribution in [-0.2, 0) is 17.9 Å². The molecule has 0 atom stereocenters. The van der Waals surface area contributed by atoms with Gasteiger partial charge in [-0.05, 0) is 29.7 Å². The van der Waals surface area contributed by atoms with Crippen molar-refractivity contribution in [1.82, 2.24) is 5.32 Å². The SMILES string of the molecule is O=C1CCCN1c1ccc2c(c1)CNC2. The minimum atomic E-state index is 0.265. The maximum atomic E-state index is 11.6. The van der Waals surface area contributed by atoms with Crippen LogP contribution in [-0.4, -0.2) is 12.5 Å². The van der Waals surface area contributed by atoms with Crippen LogP contribution in [0.4, 0.5) is 5.69 Å². The molecule has 1 amide bonds. The Morgan fingerprint density at radius 2 is 2.07 bits per heavy atom. The van der Waals surface area contributed by atoms with Crippen molar-refractivity contribution in [2.24, 2.45) is 0 Å². The lowest BCUT2D eigenvalue weighted by molar-refractivity contribution is -0.117. The minimum Gasteiger partial charge on any atom is -0.312 e. The van der Waals surface area contributed by atoms with E-state index in [4.69, 9.17) is 0 Å². The maximum Gasteiger partial charge on any atom is 0.227 e. The van der Waals surface area contributed by atoms with E-state index in [9.17, 15) is 4.79 Å². The largest absolute Gasteiger partial charge is 0.312 e. The summed E-state index contributed by atoms with van der Waals surface area (Å²) in [5.41, 5.74) is 3.78. The van der Waals surface area contributed by atoms with Crippen LogP contribution in [0.15, 0.2) is 18.2 Å². The summed E-state index contributed by atoms with van der Waals surface area (Å²) in [7, 11) is 0. The molecule has 0 aliphatic carbocycles. The third-order valence-corrected chi connectivity index (χ3v) is 3.21. The van der Waals surface area contributed by atoms with Crippen LogP contribution in [0, 0.1) is 0 Å². The van der Waals surface area contributed by atoms with Crippen molar-refractivity contribution in [3.8, 4) is 0 Å². The van der Waals surface area contributed by atoms with E-state index in [1.54, 1.807) is 0 Å². The van der Waals surface area contributed by atoms with Crippen LogP contribution >= 0.6 is 0 Å². The lowest BCUT2D eigenvalue weighted by Crippen LogP contribution is -2.23. The van der Waals surface area contributed by atoms with E-state index in [1.807, 2.05) is 4.90 Å². The first kappa shape index (κ1) is 8.92. The molecular formula is C12H14N2O. The van der Waals surface area contributed by atoms with Crippen LogP contribution in [0.25, 0.3) is 0 Å². The number of fused-ring (bicyclic) bond motifs is 1. The summed E-state index contributed by atoms with van der Waals surface area (Å²) in [5, 5.41) is 3.31. The van der Waals surface area contributed by atoms with Crippen LogP contribution < -0.4 is 10.2 Å². The van der Waals surface area contributed by atoms with E-state index in [1.165, 1.54) is 11.1 Å². The number of carbonyl (C=O) groups excluding carboxylic acids is 1. The molecule has 0 radical (unpaired) electrons. The molecule has 78 valence electrons. The molecule has 15 heavy (non-hydrogen) atoms. The molecule has 0 bridgehead atoms. The Balaban J connectivity index is 1.95. The van der Waals surface area contributed by atoms with Crippen molar-refractivity contribution in [3.63, 3.8) is 0 Å². The third-order valence-electron chi connectivity index (χ3n) is 3.21. The summed E-state index contributed by atoms with van der Waals surface area (Å²) < 4.78 is 0. The highest BCUT2D eigenvalue weighted by Gasteiger charge is 2.22. The molecule has 0 aromatic heterocycles. The van der Waals surface area contributed by atoms with Gasteiger partial charge in [-0.1, -0.05) is 6.07 Å². The second-order valence-electron chi connectivity index (χ2n) is 4.21. The second kappa shape index (κ2) is 3.35. The Morgan fingerprint density at radius 3 is 2.87 bits per heavy atom. The standard InChI is InChI=1S/C12H14N2O/c15-12-2-1-5-14(12)11-4-3-9-7-13-8-10(9)6-11/h3-4,6,13H,1-2,5,7-8H2. The van der Waals surface area contributed by atoms with Gasteiger partial charge in [0.2, 0.25) is 5.91 Å². The van der Waals surface area contributed by atoms with Crippen LogP contribution in [0.1, 0.15) is 24.0 Å². The molecule has 2 heterocycles. The van der Waals surface area contributed by atoms with Gasteiger partial charge in [0.25, 0.3) is 0 Å². The van der Waals surface area contributed by atoms with Crippen molar-refractivity contribution >= 4 is 11.6 Å². The number of nitrogens with zero attached hydrogens (tertiary/aromatic N) is 1. The van der Waals surface area contributed by atoms with Crippen LogP contribution in [0.3, 0.4) is 0 Å². The Labute approximate surface area is 89.1 Å². The zero-order valence-electron chi connectivity index (χ0n) is 8.62. The van der Waals surface area contributed by atoms with Crippen molar-refractivity contribution in [2.45, 2.75) is 25.9 Å². The third kappa shape index (κ3) is 1.43. The Morgan fingerprint density at radius 1 is 1.20 bits per heavy atom. The Hall–Kier alpha value is -1.35. The van der Waals surface area contributed by atoms with E-state index >= 15 is 0 Å². The Bertz CT molecular complexity index is 414. The molecule has 3 nitrogen and oxygen atoms in total. The predicted molar refractivity (Wildman–Crippen MR) is 58.6 cm³/mol. The van der Waals surface area contributed by atoms with Crippen molar-refractivity contribution in [3.05, 3.63) is 29.3 Å². The number of hydrogen-bond donors (Lipinski definition) is 1. The number of nitrogens with one attached hydrogen (secondary N) is 1. The maximum absolute atomic E-state index is 11.6. The van der Waals surface area contributed by atoms with Crippen LogP contribution in [0.5, 0.6) is 0 Å². The topological polar surface area (TPSA) is 32.3 Å². The Kier molecular flexibility index (Phi) is 1.99. The molecule has 1 aromatic carbocycles. The van der Waals surface area contributed by atoms with Gasteiger partial charge >= 0.3 is 0 Å². The quantitative estimate of drug-likeness (QED) is 0.747. The molecule has 1 saturated heterocycles. The fourth-order valence-corrected chi connectivity index (χ4v) is 2.37. The first-order valence-corrected chi connectivity index (χ1v) is 5.47. The van der Waals surface area contributed by atoms with E-state index in [2.05, 4.69) is 23.5 Å². The first-order valence-electron chi connectivity index (χ1n) is 5.47. The molecule has 1 N–H and O–H groups in total. The summed E-state index contributed by atoms with van der Waals surface area (Å²) in [6.45, 7) is 2.78. The average molecular weight is 202 g/mol. The van der Waals surface area contributed by atoms with Crippen molar-refractivity contribution in [1.29, 1.82) is 0 Å². The highest BCUT2D eigenvalue weighted by Crippen LogP contribution is 2.26. The summed E-state index contributed by atoms with van der Waals surface area (Å²) in [4.78, 5) is 13.5. The molecule has 1 aromatic rings. The smallest absolute Gasteiger partial charge is 0.227 e. The van der Waals surface area contributed by atoms with E-state index in [0.29, 0.717) is 6.42 Å². The van der Waals surface area contributed by atoms with Gasteiger partial charge in [0, 0.05) is 31.7 Å². The second-order valence-corrected chi connectivity index (χ2v) is 4.21. The predicted octanol–water partition coefficient (Wildman–Crippen LogP) is 1.42. The monoisotopic (exact) mass is 202 g/mol. The lowest BCUT2D eigenvalue weighted by Gasteiger charge is -2.16. The van der Waals surface area contributed by atoms with E-state index < -0.39 is 0 Å². The number of rotatable bonds is 1. The minimum absolute atomic E-state index is 0.265. The zero-order chi connectivity index (χ0) is 10.3. The first-order chi connectivity index (χ1) is 7.34. The van der Waals surface area contributed by atoms with E-state index in [0.717, 1.165) is 31.7 Å². The van der Waals surface area contributed by atoms with Gasteiger partial charge in [-0.25, -0.2) is 0 Å². The highest BCUT2D eigenvalue weighted by molar-refractivity contribution is 5.95. The van der Waals surface area contributed by atoms with E-state index in [-0.39, 0.29) is 5.91 Å². The normalized spacial score (nSPS) is 19.7. The molecule has 3 rings (SSSR count). The number of hydrogen-bond acceptors (Lipinski definition) is 2. The molecule has 0 spiro atoms. The molecule has 2 aliphatic heterocycles. The molecule has 1 fully saturated rings. The molecule has 0 unspecified atom stereocenters. The van der Waals surface area contributed by atoms with Gasteiger partial charge in [0.15, 0.2) is 0 Å². The summed E-state index contributed by atoms with van der Waals surface area (Å²) >= 11 is 0. The molecule has 0 saturated carbocycles. The van der Waals surface area contributed by atoms with Crippen LogP contribution in [0.2, 0.25) is 0 Å². The summed E-state index contributed by atoms with van der Waals surface area (Å²) in [5.74, 6) is 0.265.